The summed E-state index contributed by atoms with van der Waals surface area (Å²) in [5.41, 5.74) is 0.746. The molecule has 1 amide bonds. The van der Waals surface area contributed by atoms with Gasteiger partial charge in [0.05, 0.1) is 39.6 Å². The molecule has 3 unspecified atom stereocenters. The molecule has 9 heteroatoms. The van der Waals surface area contributed by atoms with Gasteiger partial charge in [-0.15, -0.1) is 0 Å². The molecule has 2 aromatic rings. The molecule has 3 aliphatic rings. The monoisotopic (exact) mass is 570 g/mol. The van der Waals surface area contributed by atoms with Gasteiger partial charge in [-0.25, -0.2) is 5.01 Å². The van der Waals surface area contributed by atoms with Gasteiger partial charge in [0.15, 0.2) is 0 Å². The van der Waals surface area contributed by atoms with E-state index in [1.54, 1.807) is 0 Å². The summed E-state index contributed by atoms with van der Waals surface area (Å²) in [6, 6.07) is 14.1. The molecular weight excluding hydrogens is 524 g/mol. The number of epoxide rings is 3. The van der Waals surface area contributed by atoms with Crippen LogP contribution in [0.3, 0.4) is 0 Å². The molecule has 0 bridgehead atoms. The van der Waals surface area contributed by atoms with Gasteiger partial charge < -0.3 is 28.4 Å². The summed E-state index contributed by atoms with van der Waals surface area (Å²) in [5, 5.41) is 6.32. The molecular formula is C32H46N2O7. The number of hydrazine groups is 1. The van der Waals surface area contributed by atoms with Crippen LogP contribution in [0.15, 0.2) is 42.5 Å². The van der Waals surface area contributed by atoms with Crippen LogP contribution < -0.4 is 0 Å². The smallest absolute Gasteiger partial charge is 0.268 e. The van der Waals surface area contributed by atoms with E-state index in [0.29, 0.717) is 46.2 Å². The Hall–Kier alpha value is -2.11. The van der Waals surface area contributed by atoms with E-state index in [4.69, 9.17) is 28.4 Å². The van der Waals surface area contributed by atoms with Gasteiger partial charge >= 0.3 is 0 Å². The molecule has 0 spiro atoms. The first-order valence-corrected chi connectivity index (χ1v) is 15.4. The lowest BCUT2D eigenvalue weighted by molar-refractivity contribution is -0.0168. The van der Waals surface area contributed by atoms with Crippen molar-refractivity contribution in [1.82, 2.24) is 10.0 Å². The van der Waals surface area contributed by atoms with Gasteiger partial charge in [-0.3, -0.25) is 9.80 Å². The summed E-state index contributed by atoms with van der Waals surface area (Å²) in [6.07, 6.45) is 6.40. The second kappa shape index (κ2) is 16.5. The molecule has 0 aromatic heterocycles. The third-order valence-electron chi connectivity index (χ3n) is 7.53. The molecule has 3 saturated heterocycles. The van der Waals surface area contributed by atoms with E-state index in [2.05, 4.69) is 17.1 Å². The normalized spacial score (nSPS) is 21.0. The zero-order valence-corrected chi connectivity index (χ0v) is 24.3. The second-order valence-electron chi connectivity index (χ2n) is 11.1. The number of ether oxygens (including phenoxy) is 6. The molecule has 9 nitrogen and oxygen atoms in total. The van der Waals surface area contributed by atoms with E-state index in [1.807, 2.05) is 35.3 Å². The maximum atomic E-state index is 14.2. The minimum absolute atomic E-state index is 0.0540. The van der Waals surface area contributed by atoms with Crippen LogP contribution in [-0.2, 0) is 28.4 Å². The molecule has 3 atom stereocenters. The van der Waals surface area contributed by atoms with Gasteiger partial charge in [0.2, 0.25) is 0 Å². The van der Waals surface area contributed by atoms with E-state index in [-0.39, 0.29) is 24.2 Å². The summed E-state index contributed by atoms with van der Waals surface area (Å²) in [5.74, 6) is 0.0540. The van der Waals surface area contributed by atoms with E-state index in [9.17, 15) is 4.79 Å². The highest BCUT2D eigenvalue weighted by Crippen LogP contribution is 2.22. The summed E-state index contributed by atoms with van der Waals surface area (Å²) in [7, 11) is 0. The van der Waals surface area contributed by atoms with Crippen molar-refractivity contribution in [3.8, 4) is 0 Å². The largest absolute Gasteiger partial charge is 0.379 e. The number of fused-ring (bicyclic) bond motifs is 1. The minimum Gasteiger partial charge on any atom is -0.379 e. The Bertz CT molecular complexity index is 1030. The maximum Gasteiger partial charge on any atom is 0.268 e. The average Bonchev–Trinajstić information content (AvgIpc) is 3.84. The predicted octanol–water partition coefficient (Wildman–Crippen LogP) is 4.09. The Kier molecular flexibility index (Phi) is 12.2. The topological polar surface area (TPSA) is 88.8 Å². The zero-order valence-electron chi connectivity index (χ0n) is 24.3. The highest BCUT2D eigenvalue weighted by molar-refractivity contribution is 6.06. The van der Waals surface area contributed by atoms with Crippen LogP contribution in [0, 0.1) is 0 Å². The van der Waals surface area contributed by atoms with Gasteiger partial charge in [0.25, 0.3) is 5.91 Å². The summed E-state index contributed by atoms with van der Waals surface area (Å²) in [6.45, 7) is 8.80. The lowest BCUT2D eigenvalue weighted by Crippen LogP contribution is -2.48. The van der Waals surface area contributed by atoms with Gasteiger partial charge in [-0.1, -0.05) is 36.4 Å². The van der Waals surface area contributed by atoms with Gasteiger partial charge in [0.1, 0.15) is 18.3 Å². The van der Waals surface area contributed by atoms with Gasteiger partial charge in [0, 0.05) is 45.0 Å². The summed E-state index contributed by atoms with van der Waals surface area (Å²) in [4.78, 5) is 14.2. The Morgan fingerprint density at radius 3 is 1.68 bits per heavy atom. The molecule has 2 aromatic carbocycles. The molecule has 0 N–H and O–H groups in total. The van der Waals surface area contributed by atoms with E-state index in [0.717, 1.165) is 87.8 Å². The predicted molar refractivity (Wildman–Crippen MR) is 156 cm³/mol. The summed E-state index contributed by atoms with van der Waals surface area (Å²) < 4.78 is 33.0. The van der Waals surface area contributed by atoms with Crippen LogP contribution in [0.2, 0.25) is 0 Å². The van der Waals surface area contributed by atoms with E-state index >= 15 is 0 Å². The van der Waals surface area contributed by atoms with Crippen molar-refractivity contribution in [2.75, 3.05) is 79.1 Å². The van der Waals surface area contributed by atoms with Crippen molar-refractivity contribution >= 4 is 16.7 Å². The Morgan fingerprint density at radius 2 is 1.15 bits per heavy atom. The van der Waals surface area contributed by atoms with Crippen LogP contribution in [-0.4, -0.2) is 113 Å². The number of benzene rings is 2. The maximum absolute atomic E-state index is 14.2. The number of hydrogen-bond acceptors (Lipinski definition) is 8. The molecule has 3 heterocycles. The molecule has 41 heavy (non-hydrogen) atoms. The van der Waals surface area contributed by atoms with Crippen molar-refractivity contribution < 1.29 is 33.2 Å². The Labute approximate surface area is 243 Å². The Morgan fingerprint density at radius 1 is 0.659 bits per heavy atom. The van der Waals surface area contributed by atoms with Crippen LogP contribution >= 0.6 is 0 Å². The molecule has 3 fully saturated rings. The third kappa shape index (κ3) is 10.9. The van der Waals surface area contributed by atoms with Crippen LogP contribution in [0.1, 0.15) is 48.9 Å². The van der Waals surface area contributed by atoms with Crippen molar-refractivity contribution in [3.63, 3.8) is 0 Å². The average molecular weight is 571 g/mol. The quantitative estimate of drug-likeness (QED) is 0.112. The lowest BCUT2D eigenvalue weighted by Gasteiger charge is -2.36. The second-order valence-corrected chi connectivity index (χ2v) is 11.1. The number of carbonyl (C=O) groups is 1. The fourth-order valence-electron chi connectivity index (χ4n) is 4.88. The molecule has 0 saturated carbocycles. The minimum atomic E-state index is 0.0540. The number of hydrogen-bond donors (Lipinski definition) is 0. The van der Waals surface area contributed by atoms with Crippen LogP contribution in [0.5, 0.6) is 0 Å². The highest BCUT2D eigenvalue weighted by Gasteiger charge is 2.26. The molecule has 0 radical (unpaired) electrons. The SMILES string of the molecule is O=C(c1cccc2ccccc12)N(CCCCOCC1CO1)N(CCCCOCC1CO1)CCCCOCC1CO1. The highest BCUT2D eigenvalue weighted by atomic mass is 16.6. The molecule has 0 aliphatic carbocycles. The third-order valence-corrected chi connectivity index (χ3v) is 7.53. The number of rotatable bonds is 23. The lowest BCUT2D eigenvalue weighted by atomic mass is 10.0. The number of amides is 1. The van der Waals surface area contributed by atoms with Crippen molar-refractivity contribution in [1.29, 1.82) is 0 Å². The first-order chi connectivity index (χ1) is 20.3. The van der Waals surface area contributed by atoms with Gasteiger partial charge in [-0.2, -0.15) is 0 Å². The van der Waals surface area contributed by atoms with Crippen molar-refractivity contribution in [2.24, 2.45) is 0 Å². The first-order valence-electron chi connectivity index (χ1n) is 15.4. The van der Waals surface area contributed by atoms with Crippen molar-refractivity contribution in [2.45, 2.75) is 56.8 Å². The first kappa shape index (κ1) is 30.4. The number of nitrogens with zero attached hydrogens (tertiary/aromatic N) is 2. The van der Waals surface area contributed by atoms with E-state index < -0.39 is 0 Å². The number of unbranched alkanes of at least 4 members (excludes halogenated alkanes) is 3. The van der Waals surface area contributed by atoms with Crippen LogP contribution in [0.4, 0.5) is 0 Å². The van der Waals surface area contributed by atoms with Crippen LogP contribution in [0.25, 0.3) is 10.8 Å². The molecule has 5 rings (SSSR count). The molecule has 226 valence electrons. The Balaban J connectivity index is 1.20. The summed E-state index contributed by atoms with van der Waals surface area (Å²) >= 11 is 0. The van der Waals surface area contributed by atoms with Gasteiger partial charge in [-0.05, 0) is 55.4 Å². The number of carbonyl (C=O) groups excluding carboxylic acids is 1. The fourth-order valence-corrected chi connectivity index (χ4v) is 4.88. The standard InChI is InChI=1S/C32H46N2O7/c35-32(31-13-9-11-26-10-1-2-12-30(26)31)34(16-5-8-19-38-22-29-25-41-29)33(14-3-6-17-36-20-27-23-39-27)15-4-7-18-37-21-28-24-40-28/h1-2,9-13,27-29H,3-8,14-25H2. The fraction of sp³-hybridized carbons (Fsp3) is 0.656. The van der Waals surface area contributed by atoms with Crippen molar-refractivity contribution in [3.05, 3.63) is 48.0 Å². The zero-order chi connectivity index (χ0) is 28.1. The van der Waals surface area contributed by atoms with E-state index in [1.165, 1.54) is 0 Å². The molecule has 3 aliphatic heterocycles.